The second kappa shape index (κ2) is 3.55. The molecule has 3 N–H and O–H groups in total. The topological polar surface area (TPSA) is 98.2 Å². The standard InChI is InChI=1S/C5H9N3O3S/c6-1-2-12(9,10)8-5-3-7-4-11-5/h3-4,8H,1-2,6H2. The predicted octanol–water partition coefficient (Wildman–Crippen LogP) is -0.625. The monoisotopic (exact) mass is 191 g/mol. The molecule has 0 aliphatic rings. The maximum absolute atomic E-state index is 11.0. The van der Waals surface area contributed by atoms with Gasteiger partial charge in [0.05, 0.1) is 11.9 Å². The highest BCUT2D eigenvalue weighted by molar-refractivity contribution is 7.92. The molecule has 0 aliphatic heterocycles. The fraction of sp³-hybridized carbons (Fsp3) is 0.400. The Bertz CT molecular complexity index is 318. The third-order valence-corrected chi connectivity index (χ3v) is 2.36. The van der Waals surface area contributed by atoms with Gasteiger partial charge in [-0.05, 0) is 0 Å². The van der Waals surface area contributed by atoms with Gasteiger partial charge in [0.2, 0.25) is 15.9 Å². The molecule has 0 aromatic carbocycles. The van der Waals surface area contributed by atoms with E-state index in [1.54, 1.807) is 0 Å². The molecule has 0 bridgehead atoms. The quantitative estimate of drug-likeness (QED) is 0.660. The molecule has 0 unspecified atom stereocenters. The lowest BCUT2D eigenvalue weighted by Crippen LogP contribution is -2.22. The Morgan fingerprint density at radius 2 is 2.42 bits per heavy atom. The van der Waals surface area contributed by atoms with Crippen LogP contribution in [0.3, 0.4) is 0 Å². The SMILES string of the molecule is NCCS(=O)(=O)Nc1cnco1. The molecular weight excluding hydrogens is 182 g/mol. The Labute approximate surface area is 69.8 Å². The van der Waals surface area contributed by atoms with Gasteiger partial charge in [0.1, 0.15) is 0 Å². The van der Waals surface area contributed by atoms with Gasteiger partial charge in [0.15, 0.2) is 6.39 Å². The van der Waals surface area contributed by atoms with Crippen molar-refractivity contribution in [3.63, 3.8) is 0 Å². The summed E-state index contributed by atoms with van der Waals surface area (Å²) in [5, 5.41) is 0. The van der Waals surface area contributed by atoms with Crippen molar-refractivity contribution < 1.29 is 12.8 Å². The third kappa shape index (κ3) is 2.51. The molecule has 0 fully saturated rings. The van der Waals surface area contributed by atoms with Gasteiger partial charge < -0.3 is 10.2 Å². The van der Waals surface area contributed by atoms with Crippen LogP contribution in [0.15, 0.2) is 17.0 Å². The number of hydrogen-bond acceptors (Lipinski definition) is 5. The fourth-order valence-electron chi connectivity index (χ4n) is 0.626. The van der Waals surface area contributed by atoms with Gasteiger partial charge >= 0.3 is 0 Å². The Balaban J connectivity index is 2.63. The lowest BCUT2D eigenvalue weighted by atomic mass is 10.8. The van der Waals surface area contributed by atoms with E-state index in [1.165, 1.54) is 6.20 Å². The highest BCUT2D eigenvalue weighted by atomic mass is 32.2. The first kappa shape index (κ1) is 9.01. The molecule has 68 valence electrons. The number of nitrogens with two attached hydrogens (primary N) is 1. The van der Waals surface area contributed by atoms with Gasteiger partial charge in [-0.3, -0.25) is 4.72 Å². The molecule has 0 amide bonds. The zero-order valence-corrected chi connectivity index (χ0v) is 7.04. The highest BCUT2D eigenvalue weighted by Gasteiger charge is 2.09. The third-order valence-electron chi connectivity index (χ3n) is 1.07. The summed E-state index contributed by atoms with van der Waals surface area (Å²) in [6, 6.07) is 0. The molecule has 1 aromatic heterocycles. The minimum absolute atomic E-state index is 0.0729. The van der Waals surface area contributed by atoms with Crippen LogP contribution in [-0.4, -0.2) is 25.7 Å². The second-order valence-corrected chi connectivity index (χ2v) is 3.92. The summed E-state index contributed by atoms with van der Waals surface area (Å²) in [6.07, 6.45) is 2.41. The van der Waals surface area contributed by atoms with Crippen LogP contribution in [0.5, 0.6) is 0 Å². The second-order valence-electron chi connectivity index (χ2n) is 2.08. The summed E-state index contributed by atoms with van der Waals surface area (Å²) in [5.74, 6) is -0.0308. The van der Waals surface area contributed by atoms with Crippen molar-refractivity contribution >= 4 is 15.9 Å². The number of nitrogens with zero attached hydrogens (tertiary/aromatic N) is 1. The summed E-state index contributed by atoms with van der Waals surface area (Å²) < 4.78 is 28.9. The van der Waals surface area contributed by atoms with Gasteiger partial charge in [-0.2, -0.15) is 0 Å². The number of aromatic nitrogens is 1. The number of anilines is 1. The molecule has 0 saturated carbocycles. The molecule has 0 radical (unpaired) electrons. The predicted molar refractivity (Wildman–Crippen MR) is 43.0 cm³/mol. The maximum atomic E-state index is 11.0. The van der Waals surface area contributed by atoms with Gasteiger partial charge in [-0.1, -0.05) is 0 Å². The molecule has 0 saturated heterocycles. The Morgan fingerprint density at radius 1 is 1.67 bits per heavy atom. The van der Waals surface area contributed by atoms with Crippen molar-refractivity contribution in [3.8, 4) is 0 Å². The van der Waals surface area contributed by atoms with Crippen molar-refractivity contribution in [1.29, 1.82) is 0 Å². The normalized spacial score (nSPS) is 11.4. The number of sulfonamides is 1. The molecule has 1 rings (SSSR count). The molecule has 7 heteroatoms. The van der Waals surface area contributed by atoms with E-state index >= 15 is 0 Å². The number of oxazole rings is 1. The fourth-order valence-corrected chi connectivity index (χ4v) is 1.45. The average molecular weight is 191 g/mol. The van der Waals surface area contributed by atoms with Crippen LogP contribution in [-0.2, 0) is 10.0 Å². The van der Waals surface area contributed by atoms with E-state index in [1.807, 2.05) is 0 Å². The van der Waals surface area contributed by atoms with E-state index in [4.69, 9.17) is 5.73 Å². The van der Waals surface area contributed by atoms with Gasteiger partial charge in [-0.25, -0.2) is 13.4 Å². The van der Waals surface area contributed by atoms with Crippen LogP contribution in [0.2, 0.25) is 0 Å². The largest absolute Gasteiger partial charge is 0.427 e. The summed E-state index contributed by atoms with van der Waals surface area (Å²) in [4.78, 5) is 3.54. The van der Waals surface area contributed by atoms with E-state index in [9.17, 15) is 8.42 Å². The number of rotatable bonds is 4. The Hall–Kier alpha value is -1.08. The molecule has 12 heavy (non-hydrogen) atoms. The van der Waals surface area contributed by atoms with Crippen LogP contribution >= 0.6 is 0 Å². The highest BCUT2D eigenvalue weighted by Crippen LogP contribution is 2.05. The lowest BCUT2D eigenvalue weighted by Gasteiger charge is -2.01. The first-order chi connectivity index (χ1) is 5.64. The van der Waals surface area contributed by atoms with Crippen molar-refractivity contribution in [2.75, 3.05) is 17.0 Å². The van der Waals surface area contributed by atoms with Crippen molar-refractivity contribution in [1.82, 2.24) is 4.98 Å². The van der Waals surface area contributed by atoms with Gasteiger partial charge in [0.25, 0.3) is 0 Å². The lowest BCUT2D eigenvalue weighted by molar-refractivity contribution is 0.569. The smallest absolute Gasteiger partial charge is 0.236 e. The minimum Gasteiger partial charge on any atom is -0.427 e. The van der Waals surface area contributed by atoms with Crippen molar-refractivity contribution in [3.05, 3.63) is 12.6 Å². The first-order valence-corrected chi connectivity index (χ1v) is 4.88. The maximum Gasteiger partial charge on any atom is 0.236 e. The van der Waals surface area contributed by atoms with Crippen LogP contribution in [0.1, 0.15) is 0 Å². The summed E-state index contributed by atoms with van der Waals surface area (Å²) >= 11 is 0. The Morgan fingerprint density at radius 3 is 2.92 bits per heavy atom. The van der Waals surface area contributed by atoms with Crippen molar-refractivity contribution in [2.45, 2.75) is 0 Å². The van der Waals surface area contributed by atoms with E-state index in [0.29, 0.717) is 0 Å². The molecule has 1 aromatic rings. The molecule has 0 aliphatic carbocycles. The summed E-state index contributed by atoms with van der Waals surface area (Å²) in [7, 11) is -3.36. The Kier molecular flexibility index (Phi) is 2.66. The van der Waals surface area contributed by atoms with E-state index < -0.39 is 10.0 Å². The molecule has 0 spiro atoms. The molecule has 6 nitrogen and oxygen atoms in total. The molecule has 0 atom stereocenters. The molecular formula is C5H9N3O3S. The van der Waals surface area contributed by atoms with E-state index in [2.05, 4.69) is 14.1 Å². The number of nitrogens with one attached hydrogen (secondary N) is 1. The zero-order valence-electron chi connectivity index (χ0n) is 6.23. The summed E-state index contributed by atoms with van der Waals surface area (Å²) in [5.41, 5.74) is 5.08. The van der Waals surface area contributed by atoms with Crippen LogP contribution in [0.4, 0.5) is 5.88 Å². The summed E-state index contributed by atoms with van der Waals surface area (Å²) in [6.45, 7) is 0.0729. The minimum atomic E-state index is -3.36. The average Bonchev–Trinajstić information content (AvgIpc) is 2.38. The van der Waals surface area contributed by atoms with Crippen LogP contribution in [0.25, 0.3) is 0 Å². The van der Waals surface area contributed by atoms with Gasteiger partial charge in [0, 0.05) is 6.54 Å². The van der Waals surface area contributed by atoms with Crippen molar-refractivity contribution in [2.24, 2.45) is 5.73 Å². The first-order valence-electron chi connectivity index (χ1n) is 3.23. The van der Waals surface area contributed by atoms with E-state index in [-0.39, 0.29) is 18.2 Å². The van der Waals surface area contributed by atoms with Crippen LogP contribution < -0.4 is 10.5 Å². The van der Waals surface area contributed by atoms with Crippen LogP contribution in [0, 0.1) is 0 Å². The van der Waals surface area contributed by atoms with Gasteiger partial charge in [-0.15, -0.1) is 0 Å². The number of hydrogen-bond donors (Lipinski definition) is 2. The molecule has 1 heterocycles. The zero-order chi connectivity index (χ0) is 9.03. The van der Waals surface area contributed by atoms with E-state index in [0.717, 1.165) is 6.39 Å².